The maximum atomic E-state index is 12.7. The number of aromatic nitrogens is 1. The number of halogens is 1. The highest BCUT2D eigenvalue weighted by Gasteiger charge is 2.51. The van der Waals surface area contributed by atoms with Crippen molar-refractivity contribution in [3.63, 3.8) is 0 Å². The molecule has 0 spiro atoms. The summed E-state index contributed by atoms with van der Waals surface area (Å²) in [5.74, 6) is -0.748. The minimum Gasteiger partial charge on any atom is -0.481 e. The number of anilines is 1. The first kappa shape index (κ1) is 25.5. The van der Waals surface area contributed by atoms with Gasteiger partial charge in [0.25, 0.3) is 0 Å². The molecule has 0 radical (unpaired) electrons. The van der Waals surface area contributed by atoms with Gasteiger partial charge in [-0.3, -0.25) is 10.1 Å². The number of carbonyl (C=O) groups is 2. The second-order valence-electron chi connectivity index (χ2n) is 9.82. The number of carboxylic acid groups (broad SMARTS) is 1. The van der Waals surface area contributed by atoms with Gasteiger partial charge >= 0.3 is 12.1 Å². The number of carbonyl (C=O) groups excluding carboxylic acids is 1. The molecule has 192 valence electrons. The molecule has 1 unspecified atom stereocenters. The van der Waals surface area contributed by atoms with Gasteiger partial charge in [-0.1, -0.05) is 60.1 Å². The van der Waals surface area contributed by atoms with Gasteiger partial charge in [0, 0.05) is 5.03 Å². The number of ether oxygens (including phenoxy) is 1. The summed E-state index contributed by atoms with van der Waals surface area (Å²) in [6.07, 6.45) is 4.31. The molecular weight excluding hydrogens is 508 g/mol. The van der Waals surface area contributed by atoms with Crippen LogP contribution in [0.15, 0.2) is 59.1 Å². The predicted octanol–water partition coefficient (Wildman–Crippen LogP) is 7.91. The number of rotatable bonds is 7. The van der Waals surface area contributed by atoms with Crippen LogP contribution in [0.25, 0.3) is 21.6 Å². The van der Waals surface area contributed by atoms with E-state index in [-0.39, 0.29) is 6.10 Å². The molecule has 1 aromatic heterocycles. The molecule has 8 heteroatoms. The summed E-state index contributed by atoms with van der Waals surface area (Å²) in [5, 5.41) is 13.2. The van der Waals surface area contributed by atoms with Gasteiger partial charge in [0.1, 0.15) is 6.10 Å². The van der Waals surface area contributed by atoms with Crippen LogP contribution in [0.3, 0.4) is 0 Å². The first-order valence-corrected chi connectivity index (χ1v) is 13.7. The predicted molar refractivity (Wildman–Crippen MR) is 147 cm³/mol. The molecule has 1 atom stereocenters. The third kappa shape index (κ3) is 5.15. The lowest BCUT2D eigenvalue weighted by molar-refractivity contribution is -0.140. The highest BCUT2D eigenvalue weighted by Crippen LogP contribution is 2.48. The van der Waals surface area contributed by atoms with Gasteiger partial charge < -0.3 is 9.84 Å². The fraction of sp³-hybridized carbons (Fsp3) is 0.345. The quantitative estimate of drug-likeness (QED) is 0.320. The molecule has 0 bridgehead atoms. The normalized spacial score (nSPS) is 17.3. The van der Waals surface area contributed by atoms with E-state index in [4.69, 9.17) is 16.3 Å². The summed E-state index contributed by atoms with van der Waals surface area (Å²) in [6, 6.07) is 15.8. The second kappa shape index (κ2) is 10.3. The molecule has 5 rings (SSSR count). The highest BCUT2D eigenvalue weighted by molar-refractivity contribution is 7.10. The number of nitrogens with one attached hydrogen (secondary N) is 1. The highest BCUT2D eigenvalue weighted by atomic mass is 35.5. The molecule has 1 saturated carbocycles. The van der Waals surface area contributed by atoms with E-state index in [1.54, 1.807) is 0 Å². The zero-order valence-corrected chi connectivity index (χ0v) is 22.4. The van der Waals surface area contributed by atoms with Crippen LogP contribution in [0.1, 0.15) is 56.7 Å². The van der Waals surface area contributed by atoms with E-state index < -0.39 is 17.5 Å². The van der Waals surface area contributed by atoms with Crippen LogP contribution >= 0.6 is 23.1 Å². The van der Waals surface area contributed by atoms with Crippen molar-refractivity contribution in [3.8, 4) is 21.6 Å². The molecular formula is C29H29ClN2O4S. The molecule has 2 aliphatic rings. The van der Waals surface area contributed by atoms with E-state index in [0.29, 0.717) is 18.5 Å². The first-order chi connectivity index (χ1) is 17.8. The molecule has 37 heavy (non-hydrogen) atoms. The molecule has 1 amide bonds. The lowest BCUT2D eigenvalue weighted by Crippen LogP contribution is -2.23. The molecule has 6 nitrogen and oxygen atoms in total. The molecule has 2 aliphatic carbocycles. The minimum absolute atomic E-state index is 0.376. The topological polar surface area (TPSA) is 88.5 Å². The number of allylic oxidation sites excluding steroid dienone is 1. The number of amides is 1. The van der Waals surface area contributed by atoms with Crippen LogP contribution < -0.4 is 5.32 Å². The average Bonchev–Trinajstić information content (AvgIpc) is 3.64. The summed E-state index contributed by atoms with van der Waals surface area (Å²) in [7, 11) is 0. The van der Waals surface area contributed by atoms with Crippen LogP contribution in [-0.4, -0.2) is 27.6 Å². The standard InChI is InChI=1S/C29H29ClN2O4S/c1-17-25(31-28(35)36-18(2)23-5-3-4-6-24(23)30)26(37-32-17)21-9-7-19(8-10-21)20-11-13-22(14-12-20)29(15-16-29)27(33)34/h7-14,18H,3-6,15-16H2,1-2H3,(H,31,35)(H,33,34). The Morgan fingerprint density at radius 3 is 2.22 bits per heavy atom. The van der Waals surface area contributed by atoms with Crippen LogP contribution in [0.4, 0.5) is 10.5 Å². The number of aliphatic carboxylic acids is 1. The number of aryl methyl sites for hydroxylation is 1. The van der Waals surface area contributed by atoms with Gasteiger partial charge in [-0.15, -0.1) is 0 Å². The van der Waals surface area contributed by atoms with Crippen molar-refractivity contribution in [2.45, 2.75) is 63.9 Å². The Morgan fingerprint density at radius 1 is 1.03 bits per heavy atom. The smallest absolute Gasteiger partial charge is 0.412 e. The van der Waals surface area contributed by atoms with Crippen molar-refractivity contribution in [2.75, 3.05) is 5.32 Å². The third-order valence-corrected chi connectivity index (χ3v) is 8.80. The van der Waals surface area contributed by atoms with Gasteiger partial charge in [-0.2, -0.15) is 4.37 Å². The SMILES string of the molecule is Cc1nsc(-c2ccc(-c3ccc(C4(C(=O)O)CC4)cc3)cc2)c1NC(=O)OC(C)C1=C(Cl)CCCC1. The number of hydrogen-bond acceptors (Lipinski definition) is 5. The molecule has 1 fully saturated rings. The Hall–Kier alpha value is -3.16. The molecule has 0 aliphatic heterocycles. The van der Waals surface area contributed by atoms with Crippen molar-refractivity contribution in [2.24, 2.45) is 0 Å². The Balaban J connectivity index is 1.29. The summed E-state index contributed by atoms with van der Waals surface area (Å²) in [5.41, 5.74) is 5.52. The van der Waals surface area contributed by atoms with Crippen LogP contribution in [0.5, 0.6) is 0 Å². The van der Waals surface area contributed by atoms with E-state index in [1.165, 1.54) is 11.5 Å². The number of hydrogen-bond donors (Lipinski definition) is 2. The van der Waals surface area contributed by atoms with E-state index in [0.717, 1.165) is 69.1 Å². The van der Waals surface area contributed by atoms with Gasteiger partial charge in [-0.05, 0) is 91.7 Å². The van der Waals surface area contributed by atoms with E-state index >= 15 is 0 Å². The number of carboxylic acids is 1. The number of nitrogens with zero attached hydrogens (tertiary/aromatic N) is 1. The molecule has 2 aromatic carbocycles. The Bertz CT molecular complexity index is 1360. The minimum atomic E-state index is -0.748. The Morgan fingerprint density at radius 2 is 1.62 bits per heavy atom. The van der Waals surface area contributed by atoms with Crippen molar-refractivity contribution >= 4 is 40.9 Å². The monoisotopic (exact) mass is 536 g/mol. The average molecular weight is 537 g/mol. The lowest BCUT2D eigenvalue weighted by atomic mass is 9.93. The molecule has 2 N–H and O–H groups in total. The zero-order chi connectivity index (χ0) is 26.2. The largest absolute Gasteiger partial charge is 0.481 e. The summed E-state index contributed by atoms with van der Waals surface area (Å²) in [6.45, 7) is 3.72. The van der Waals surface area contributed by atoms with E-state index in [2.05, 4.69) is 9.69 Å². The fourth-order valence-electron chi connectivity index (χ4n) is 4.94. The third-order valence-electron chi connectivity index (χ3n) is 7.38. The fourth-order valence-corrected chi connectivity index (χ4v) is 6.17. The maximum absolute atomic E-state index is 12.7. The summed E-state index contributed by atoms with van der Waals surface area (Å²) < 4.78 is 10.1. The van der Waals surface area contributed by atoms with Crippen LogP contribution in [-0.2, 0) is 14.9 Å². The van der Waals surface area contributed by atoms with Crippen LogP contribution in [0.2, 0.25) is 0 Å². The van der Waals surface area contributed by atoms with Gasteiger partial charge in [-0.25, -0.2) is 4.79 Å². The van der Waals surface area contributed by atoms with Crippen LogP contribution in [0, 0.1) is 6.92 Å². The zero-order valence-electron chi connectivity index (χ0n) is 20.8. The summed E-state index contributed by atoms with van der Waals surface area (Å²) in [4.78, 5) is 25.2. The molecule has 3 aromatic rings. The van der Waals surface area contributed by atoms with Crippen molar-refractivity contribution < 1.29 is 19.4 Å². The Labute approximate surface area is 225 Å². The van der Waals surface area contributed by atoms with Crippen molar-refractivity contribution in [1.29, 1.82) is 0 Å². The van der Waals surface area contributed by atoms with Gasteiger partial charge in [0.15, 0.2) is 0 Å². The van der Waals surface area contributed by atoms with Gasteiger partial charge in [0.2, 0.25) is 0 Å². The first-order valence-electron chi connectivity index (χ1n) is 12.5. The van der Waals surface area contributed by atoms with E-state index in [1.807, 2.05) is 62.4 Å². The maximum Gasteiger partial charge on any atom is 0.412 e. The van der Waals surface area contributed by atoms with Gasteiger partial charge in [0.05, 0.1) is 21.7 Å². The second-order valence-corrected chi connectivity index (χ2v) is 11.1. The number of benzene rings is 2. The van der Waals surface area contributed by atoms with E-state index in [9.17, 15) is 14.7 Å². The molecule has 0 saturated heterocycles. The lowest BCUT2D eigenvalue weighted by Gasteiger charge is -2.22. The molecule has 1 heterocycles. The summed E-state index contributed by atoms with van der Waals surface area (Å²) >= 11 is 7.70. The van der Waals surface area contributed by atoms with Crippen molar-refractivity contribution in [1.82, 2.24) is 4.37 Å². The Kier molecular flexibility index (Phi) is 7.10. The van der Waals surface area contributed by atoms with Crippen molar-refractivity contribution in [3.05, 3.63) is 70.4 Å².